The number of hydrogen-bond donors (Lipinski definition) is 2. The van der Waals surface area contributed by atoms with Gasteiger partial charge in [0.15, 0.2) is 0 Å². The van der Waals surface area contributed by atoms with Crippen LogP contribution in [0.15, 0.2) is 18.2 Å². The van der Waals surface area contributed by atoms with Crippen molar-refractivity contribution in [2.75, 3.05) is 26.6 Å². The zero-order valence-corrected chi connectivity index (χ0v) is 14.3. The van der Waals surface area contributed by atoms with E-state index in [-0.39, 0.29) is 5.41 Å². The molecule has 0 heterocycles. The first-order valence-electron chi connectivity index (χ1n) is 6.50. The Hall–Kier alpha value is -1.41. The summed E-state index contributed by atoms with van der Waals surface area (Å²) in [7, 11) is 1.68. The first kappa shape index (κ1) is 17.6. The molecule has 0 aliphatic carbocycles. The van der Waals surface area contributed by atoms with Gasteiger partial charge in [0.2, 0.25) is 0 Å². The van der Waals surface area contributed by atoms with Gasteiger partial charge in [-0.25, -0.2) is 4.79 Å². The highest BCUT2D eigenvalue weighted by molar-refractivity contribution is 6.75. The molecule has 21 heavy (non-hydrogen) atoms. The average molecular weight is 313 g/mol. The smallest absolute Gasteiger partial charge is 0.465 e. The second-order valence-corrected chi connectivity index (χ2v) is 8.52. The lowest BCUT2D eigenvalue weighted by atomic mass is 9.86. The van der Waals surface area contributed by atoms with E-state index in [1.165, 1.54) is 0 Å². The van der Waals surface area contributed by atoms with Gasteiger partial charge in [-0.3, -0.25) is 5.32 Å². The van der Waals surface area contributed by atoms with Gasteiger partial charge in [0.05, 0.1) is 0 Å². The van der Waals surface area contributed by atoms with E-state index in [0.29, 0.717) is 5.69 Å². The van der Waals surface area contributed by atoms with Crippen LogP contribution >= 0.6 is 0 Å². The van der Waals surface area contributed by atoms with E-state index >= 15 is 0 Å². The van der Waals surface area contributed by atoms with Gasteiger partial charge in [-0.1, -0.05) is 26.8 Å². The molecule has 1 amide bonds. The molecule has 0 bridgehead atoms. The molecule has 2 N–H and O–H groups in total. The van der Waals surface area contributed by atoms with E-state index in [2.05, 4.69) is 5.32 Å². The van der Waals surface area contributed by atoms with Crippen molar-refractivity contribution in [1.29, 1.82) is 0 Å². The maximum absolute atomic E-state index is 10.9. The minimum absolute atomic E-state index is 0.247. The van der Waals surface area contributed by atoms with E-state index in [1.54, 1.807) is 33.5 Å². The monoisotopic (exact) mass is 313 g/mol. The fraction of sp³-hybridized carbons (Fsp3) is 0.500. The summed E-state index contributed by atoms with van der Waals surface area (Å²) < 4.78 is 16.4. The molecule has 0 unspecified atom stereocenters. The van der Waals surface area contributed by atoms with Gasteiger partial charge in [0.25, 0.3) is 0 Å². The molecule has 0 fully saturated rings. The van der Waals surface area contributed by atoms with Crippen LogP contribution in [0.5, 0.6) is 0 Å². The topological polar surface area (TPSA) is 77.0 Å². The van der Waals surface area contributed by atoms with Crippen molar-refractivity contribution in [2.45, 2.75) is 26.2 Å². The molecule has 6 nitrogen and oxygen atoms in total. The summed E-state index contributed by atoms with van der Waals surface area (Å²) in [5, 5.41) is 12.2. The molecule has 118 valence electrons. The molecular formula is C14H23NO5Si. The summed E-state index contributed by atoms with van der Waals surface area (Å²) in [4.78, 5) is 10.9. The summed E-state index contributed by atoms with van der Waals surface area (Å²) in [6.45, 7) is 6.03. The Kier molecular flexibility index (Phi) is 5.52. The van der Waals surface area contributed by atoms with Gasteiger partial charge in [0.1, 0.15) is 0 Å². The molecule has 0 atom stereocenters. The van der Waals surface area contributed by atoms with Crippen LogP contribution in [0.3, 0.4) is 0 Å². The maximum Gasteiger partial charge on any atom is 0.536 e. The molecule has 0 saturated carbocycles. The first-order chi connectivity index (χ1) is 9.70. The molecule has 0 spiro atoms. The Morgan fingerprint density at radius 2 is 1.67 bits per heavy atom. The largest absolute Gasteiger partial charge is 0.536 e. The van der Waals surface area contributed by atoms with Crippen molar-refractivity contribution in [3.63, 3.8) is 0 Å². The van der Waals surface area contributed by atoms with Crippen LogP contribution in [0.2, 0.25) is 0 Å². The van der Waals surface area contributed by atoms with Gasteiger partial charge in [-0.05, 0) is 23.1 Å². The van der Waals surface area contributed by atoms with Gasteiger partial charge in [0, 0.05) is 32.2 Å². The summed E-state index contributed by atoms with van der Waals surface area (Å²) in [5.41, 5.74) is 1.15. The Bertz CT molecular complexity index is 500. The average Bonchev–Trinajstić information content (AvgIpc) is 2.40. The zero-order chi connectivity index (χ0) is 16.3. The molecule has 1 aromatic carbocycles. The number of rotatable bonds is 5. The molecule has 0 aromatic heterocycles. The van der Waals surface area contributed by atoms with E-state index < -0.39 is 14.9 Å². The van der Waals surface area contributed by atoms with Crippen LogP contribution in [-0.4, -0.2) is 41.3 Å². The molecule has 7 heteroatoms. The van der Waals surface area contributed by atoms with E-state index in [0.717, 1.165) is 10.8 Å². The lowest BCUT2D eigenvalue weighted by Gasteiger charge is -2.28. The van der Waals surface area contributed by atoms with Crippen molar-refractivity contribution in [2.24, 2.45) is 0 Å². The van der Waals surface area contributed by atoms with Gasteiger partial charge in [-0.15, -0.1) is 0 Å². The number of anilines is 1. The fourth-order valence-electron chi connectivity index (χ4n) is 2.18. The quantitative estimate of drug-likeness (QED) is 0.815. The summed E-state index contributed by atoms with van der Waals surface area (Å²) in [6.07, 6.45) is -1.10. The van der Waals surface area contributed by atoms with E-state index in [1.807, 2.05) is 26.8 Å². The third-order valence-electron chi connectivity index (χ3n) is 3.23. The van der Waals surface area contributed by atoms with E-state index in [4.69, 9.17) is 18.4 Å². The van der Waals surface area contributed by atoms with Crippen molar-refractivity contribution < 1.29 is 23.2 Å². The van der Waals surface area contributed by atoms with Crippen LogP contribution in [0.1, 0.15) is 26.3 Å². The van der Waals surface area contributed by atoms with Crippen LogP contribution in [0, 0.1) is 0 Å². The lowest BCUT2D eigenvalue weighted by Crippen LogP contribution is -2.54. The standard InChI is InChI=1S/C14H23NO5Si/c1-14(2,3)11-9-10(21(18-4,19-5)20-6)7-8-12(11)15-13(16)17/h7-9,15H,1-6H3,(H,16,17). The Morgan fingerprint density at radius 1 is 1.14 bits per heavy atom. The second kappa shape index (κ2) is 6.57. The number of benzene rings is 1. The number of nitrogens with one attached hydrogen (secondary N) is 1. The Morgan fingerprint density at radius 3 is 2.05 bits per heavy atom. The lowest BCUT2D eigenvalue weighted by molar-refractivity contribution is 0.140. The second-order valence-electron chi connectivity index (χ2n) is 5.61. The number of carbonyl (C=O) groups is 1. The fourth-order valence-corrected chi connectivity index (χ4v) is 4.00. The molecule has 0 radical (unpaired) electrons. The zero-order valence-electron chi connectivity index (χ0n) is 13.3. The summed E-state index contributed by atoms with van der Waals surface area (Å²) in [6, 6.07) is 5.36. The molecule has 0 saturated heterocycles. The van der Waals surface area contributed by atoms with Crippen molar-refractivity contribution in [3.05, 3.63) is 23.8 Å². The molecule has 0 aliphatic rings. The number of hydrogen-bond acceptors (Lipinski definition) is 4. The first-order valence-corrected chi connectivity index (χ1v) is 8.23. The normalized spacial score (nSPS) is 12.3. The van der Waals surface area contributed by atoms with Crippen LogP contribution in [0.25, 0.3) is 0 Å². The highest BCUT2D eigenvalue weighted by atomic mass is 28.4. The Labute approximate surface area is 126 Å². The molecular weight excluding hydrogens is 290 g/mol. The van der Waals surface area contributed by atoms with Gasteiger partial charge in [-0.2, -0.15) is 0 Å². The summed E-state index contributed by atoms with van der Waals surface area (Å²) >= 11 is 0. The highest BCUT2D eigenvalue weighted by Gasteiger charge is 2.41. The van der Waals surface area contributed by atoms with Gasteiger partial charge >= 0.3 is 14.9 Å². The highest BCUT2D eigenvalue weighted by Crippen LogP contribution is 2.29. The minimum atomic E-state index is -2.94. The van der Waals surface area contributed by atoms with Crippen molar-refractivity contribution in [3.8, 4) is 0 Å². The van der Waals surface area contributed by atoms with Crippen molar-refractivity contribution in [1.82, 2.24) is 0 Å². The summed E-state index contributed by atoms with van der Waals surface area (Å²) in [5.74, 6) is 0. The van der Waals surface area contributed by atoms with Gasteiger partial charge < -0.3 is 18.4 Å². The molecule has 1 aromatic rings. The third kappa shape index (κ3) is 3.82. The van der Waals surface area contributed by atoms with E-state index in [9.17, 15) is 4.79 Å². The van der Waals surface area contributed by atoms with Crippen LogP contribution < -0.4 is 10.5 Å². The minimum Gasteiger partial charge on any atom is -0.465 e. The SMILES string of the molecule is CO[Si](OC)(OC)c1ccc(NC(=O)O)c(C(C)(C)C)c1. The third-order valence-corrected chi connectivity index (χ3v) is 5.86. The van der Waals surface area contributed by atoms with Crippen LogP contribution in [0.4, 0.5) is 10.5 Å². The Balaban J connectivity index is 3.43. The maximum atomic E-state index is 10.9. The molecule has 0 aliphatic heterocycles. The number of amides is 1. The number of carboxylic acid groups (broad SMARTS) is 1. The molecule has 1 rings (SSSR count). The van der Waals surface area contributed by atoms with Crippen molar-refractivity contribution >= 4 is 25.8 Å². The predicted molar refractivity (Wildman–Crippen MR) is 83.2 cm³/mol. The predicted octanol–water partition coefficient (Wildman–Crippen LogP) is 2.16. The van der Waals surface area contributed by atoms with Crippen LogP contribution in [-0.2, 0) is 18.7 Å².